The molecule has 0 aliphatic heterocycles. The second-order valence-corrected chi connectivity index (χ2v) is 7.94. The van der Waals surface area contributed by atoms with Crippen LogP contribution in [0.15, 0.2) is 59.0 Å². The minimum Gasteiger partial charge on any atom is -0.489 e. The molecule has 0 unspecified atom stereocenters. The standard InChI is InChI=1S/C27H24F2O5/c1-16-5-4-6-22(26(16)29)23-10-17(9-19-12-21(15-31-2)34-27(19)23)14-33-24-8-7-20(28)11-18(24)13-25(30)32-3/h4-12H,13-15H2,1-3H3. The molecule has 0 saturated carbocycles. The summed E-state index contributed by atoms with van der Waals surface area (Å²) >= 11 is 0. The van der Waals surface area contributed by atoms with Crippen LogP contribution in [-0.2, 0) is 33.9 Å². The smallest absolute Gasteiger partial charge is 0.310 e. The van der Waals surface area contributed by atoms with E-state index in [1.54, 1.807) is 32.2 Å². The van der Waals surface area contributed by atoms with Crippen LogP contribution in [0.25, 0.3) is 22.1 Å². The van der Waals surface area contributed by atoms with Gasteiger partial charge in [-0.25, -0.2) is 8.78 Å². The van der Waals surface area contributed by atoms with Crippen LogP contribution in [0.1, 0.15) is 22.5 Å². The first-order valence-electron chi connectivity index (χ1n) is 10.7. The molecule has 0 spiro atoms. The summed E-state index contributed by atoms with van der Waals surface area (Å²) < 4.78 is 50.6. The van der Waals surface area contributed by atoms with Gasteiger partial charge in [0.25, 0.3) is 0 Å². The van der Waals surface area contributed by atoms with Gasteiger partial charge >= 0.3 is 5.97 Å². The Balaban J connectivity index is 1.73. The van der Waals surface area contributed by atoms with E-state index in [9.17, 15) is 9.18 Å². The molecule has 0 aliphatic rings. The fourth-order valence-electron chi connectivity index (χ4n) is 3.84. The van der Waals surface area contributed by atoms with Gasteiger partial charge in [0.2, 0.25) is 0 Å². The SMILES string of the molecule is COCc1cc2cc(COc3ccc(F)cc3CC(=O)OC)cc(-c3cccc(C)c3F)c2o1. The minimum atomic E-state index is -0.502. The summed E-state index contributed by atoms with van der Waals surface area (Å²) in [6, 6.07) is 14.7. The van der Waals surface area contributed by atoms with Gasteiger partial charge in [0.05, 0.1) is 13.5 Å². The fraction of sp³-hybridized carbons (Fsp3) is 0.222. The molecule has 3 aromatic carbocycles. The highest BCUT2D eigenvalue weighted by Crippen LogP contribution is 2.35. The van der Waals surface area contributed by atoms with E-state index in [2.05, 4.69) is 0 Å². The van der Waals surface area contributed by atoms with Gasteiger partial charge in [-0.3, -0.25) is 4.79 Å². The van der Waals surface area contributed by atoms with E-state index in [0.29, 0.717) is 39.3 Å². The molecule has 0 bridgehead atoms. The van der Waals surface area contributed by atoms with Crippen molar-refractivity contribution in [3.8, 4) is 16.9 Å². The molecule has 0 atom stereocenters. The van der Waals surface area contributed by atoms with Gasteiger partial charge in [-0.15, -0.1) is 0 Å². The van der Waals surface area contributed by atoms with Crippen molar-refractivity contribution in [2.45, 2.75) is 26.6 Å². The van der Waals surface area contributed by atoms with Crippen molar-refractivity contribution >= 4 is 16.9 Å². The highest BCUT2D eigenvalue weighted by atomic mass is 19.1. The molecule has 0 aliphatic carbocycles. The van der Waals surface area contributed by atoms with E-state index in [4.69, 9.17) is 18.6 Å². The highest BCUT2D eigenvalue weighted by molar-refractivity contribution is 5.94. The third-order valence-corrected chi connectivity index (χ3v) is 5.47. The Kier molecular flexibility index (Phi) is 6.93. The summed E-state index contributed by atoms with van der Waals surface area (Å²) in [5.74, 6) is -0.330. The Morgan fingerprint density at radius 2 is 1.79 bits per heavy atom. The van der Waals surface area contributed by atoms with Crippen LogP contribution in [0.3, 0.4) is 0 Å². The van der Waals surface area contributed by atoms with Crippen LogP contribution in [0.5, 0.6) is 5.75 Å². The molecular formula is C27H24F2O5. The molecular weight excluding hydrogens is 442 g/mol. The lowest BCUT2D eigenvalue weighted by Crippen LogP contribution is -2.07. The van der Waals surface area contributed by atoms with Crippen molar-refractivity contribution in [2.24, 2.45) is 0 Å². The van der Waals surface area contributed by atoms with Crippen molar-refractivity contribution in [3.63, 3.8) is 0 Å². The van der Waals surface area contributed by atoms with Gasteiger partial charge < -0.3 is 18.6 Å². The number of carbonyl (C=O) groups is 1. The van der Waals surface area contributed by atoms with Gasteiger partial charge in [0.1, 0.15) is 41.9 Å². The molecule has 0 radical (unpaired) electrons. The molecule has 0 N–H and O–H groups in total. The number of halogens is 2. The lowest BCUT2D eigenvalue weighted by molar-refractivity contribution is -0.139. The van der Waals surface area contributed by atoms with Crippen LogP contribution >= 0.6 is 0 Å². The zero-order chi connectivity index (χ0) is 24.2. The van der Waals surface area contributed by atoms with Gasteiger partial charge in [-0.05, 0) is 54.4 Å². The maximum Gasteiger partial charge on any atom is 0.310 e. The first kappa shape index (κ1) is 23.4. The summed E-state index contributed by atoms with van der Waals surface area (Å²) in [6.07, 6.45) is -0.121. The second-order valence-electron chi connectivity index (χ2n) is 7.94. The Morgan fingerprint density at radius 1 is 0.971 bits per heavy atom. The third-order valence-electron chi connectivity index (χ3n) is 5.47. The monoisotopic (exact) mass is 466 g/mol. The van der Waals surface area contributed by atoms with Crippen molar-refractivity contribution in [2.75, 3.05) is 14.2 Å². The van der Waals surface area contributed by atoms with Crippen LogP contribution in [0.2, 0.25) is 0 Å². The van der Waals surface area contributed by atoms with Crippen LogP contribution in [0, 0.1) is 18.6 Å². The quantitative estimate of drug-likeness (QED) is 0.293. The van der Waals surface area contributed by atoms with Crippen molar-refractivity contribution in [1.82, 2.24) is 0 Å². The zero-order valence-corrected chi connectivity index (χ0v) is 19.1. The van der Waals surface area contributed by atoms with E-state index in [1.165, 1.54) is 25.3 Å². The second kappa shape index (κ2) is 10.1. The maximum atomic E-state index is 15.0. The van der Waals surface area contributed by atoms with Gasteiger partial charge in [-0.1, -0.05) is 18.2 Å². The number of esters is 1. The number of methoxy groups -OCH3 is 2. The molecule has 0 saturated heterocycles. The predicted octanol–water partition coefficient (Wildman–Crippen LogP) is 6.13. The average molecular weight is 466 g/mol. The summed E-state index contributed by atoms with van der Waals surface area (Å²) in [4.78, 5) is 11.7. The van der Waals surface area contributed by atoms with Crippen molar-refractivity contribution < 1.29 is 32.2 Å². The molecule has 176 valence electrons. The molecule has 1 heterocycles. The number of ether oxygens (including phenoxy) is 3. The molecule has 0 fully saturated rings. The first-order valence-corrected chi connectivity index (χ1v) is 10.7. The number of carbonyl (C=O) groups excluding carboxylic acids is 1. The van der Waals surface area contributed by atoms with Crippen molar-refractivity contribution in [3.05, 3.63) is 88.7 Å². The Bertz CT molecular complexity index is 1340. The largest absolute Gasteiger partial charge is 0.489 e. The van der Waals surface area contributed by atoms with Crippen LogP contribution in [-0.4, -0.2) is 20.2 Å². The molecule has 34 heavy (non-hydrogen) atoms. The van der Waals surface area contributed by atoms with E-state index < -0.39 is 11.8 Å². The molecule has 5 nitrogen and oxygen atoms in total. The highest BCUT2D eigenvalue weighted by Gasteiger charge is 2.17. The number of hydrogen-bond acceptors (Lipinski definition) is 5. The summed E-state index contributed by atoms with van der Waals surface area (Å²) in [5, 5.41) is 0.776. The van der Waals surface area contributed by atoms with E-state index >= 15 is 4.39 Å². The predicted molar refractivity (Wildman–Crippen MR) is 124 cm³/mol. The van der Waals surface area contributed by atoms with Crippen molar-refractivity contribution in [1.29, 1.82) is 0 Å². The number of rotatable bonds is 8. The Hall–Kier alpha value is -3.71. The zero-order valence-electron chi connectivity index (χ0n) is 19.1. The average Bonchev–Trinajstić information content (AvgIpc) is 3.22. The minimum absolute atomic E-state index is 0.112. The van der Waals surface area contributed by atoms with Gasteiger partial charge in [0, 0.05) is 29.2 Å². The molecule has 0 amide bonds. The Labute approximate surface area is 195 Å². The maximum absolute atomic E-state index is 15.0. The van der Waals surface area contributed by atoms with E-state index in [1.807, 2.05) is 18.2 Å². The van der Waals surface area contributed by atoms with Gasteiger partial charge in [-0.2, -0.15) is 0 Å². The number of benzene rings is 3. The number of hydrogen-bond donors (Lipinski definition) is 0. The molecule has 7 heteroatoms. The number of furan rings is 1. The molecule has 4 aromatic rings. The van der Waals surface area contributed by atoms with Crippen LogP contribution < -0.4 is 4.74 Å². The molecule has 4 rings (SSSR count). The van der Waals surface area contributed by atoms with Gasteiger partial charge in [0.15, 0.2) is 0 Å². The van der Waals surface area contributed by atoms with E-state index in [0.717, 1.165) is 10.9 Å². The number of aryl methyl sites for hydroxylation is 1. The lowest BCUT2D eigenvalue weighted by atomic mass is 9.98. The first-order chi connectivity index (χ1) is 16.4. The molecule has 1 aromatic heterocycles. The summed E-state index contributed by atoms with van der Waals surface area (Å²) in [7, 11) is 2.84. The summed E-state index contributed by atoms with van der Waals surface area (Å²) in [6.45, 7) is 2.10. The summed E-state index contributed by atoms with van der Waals surface area (Å²) in [5.41, 5.74) is 3.21. The number of fused-ring (bicyclic) bond motifs is 1. The van der Waals surface area contributed by atoms with E-state index in [-0.39, 0.29) is 25.5 Å². The third kappa shape index (κ3) is 4.94. The van der Waals surface area contributed by atoms with Crippen LogP contribution in [0.4, 0.5) is 8.78 Å². The topological polar surface area (TPSA) is 57.9 Å². The Morgan fingerprint density at radius 3 is 2.56 bits per heavy atom. The normalized spacial score (nSPS) is 11.1. The fourth-order valence-corrected chi connectivity index (χ4v) is 3.84. The lowest BCUT2D eigenvalue weighted by Gasteiger charge is -2.13.